The Bertz CT molecular complexity index is 497. The minimum atomic E-state index is -0.354. The first kappa shape index (κ1) is 12.7. The van der Waals surface area contributed by atoms with Crippen LogP contribution in [0.25, 0.3) is 0 Å². The van der Waals surface area contributed by atoms with Crippen molar-refractivity contribution in [1.82, 2.24) is 0 Å². The highest BCUT2D eigenvalue weighted by molar-refractivity contribution is 5.86. The number of nitro benzene ring substituents is 1. The van der Waals surface area contributed by atoms with E-state index in [-0.39, 0.29) is 16.7 Å². The van der Waals surface area contributed by atoms with Crippen molar-refractivity contribution < 1.29 is 9.66 Å². The first-order chi connectivity index (χ1) is 8.61. The predicted octanol–water partition coefficient (Wildman–Crippen LogP) is 2.83. The number of ether oxygens (including phenoxy) is 1. The van der Waals surface area contributed by atoms with E-state index < -0.39 is 0 Å². The van der Waals surface area contributed by atoms with E-state index in [0.717, 1.165) is 17.7 Å². The fourth-order valence-corrected chi connectivity index (χ4v) is 1.98. The fraction of sp³-hybridized carbons (Fsp3) is 0.462. The number of benzene rings is 1. The molecule has 1 atom stereocenters. The highest BCUT2D eigenvalue weighted by Crippen LogP contribution is 2.27. The van der Waals surface area contributed by atoms with Crippen molar-refractivity contribution in [3.8, 4) is 0 Å². The van der Waals surface area contributed by atoms with Crippen molar-refractivity contribution in [2.24, 2.45) is 4.99 Å². The van der Waals surface area contributed by atoms with Crippen molar-refractivity contribution >= 4 is 11.4 Å². The molecule has 0 N–H and O–H groups in total. The van der Waals surface area contributed by atoms with E-state index >= 15 is 0 Å². The van der Waals surface area contributed by atoms with E-state index in [1.165, 1.54) is 0 Å². The van der Waals surface area contributed by atoms with E-state index in [1.807, 2.05) is 13.0 Å². The van der Waals surface area contributed by atoms with Crippen molar-refractivity contribution in [3.05, 3.63) is 39.4 Å². The molecule has 0 amide bonds. The maximum atomic E-state index is 10.9. The largest absolute Gasteiger partial charge is 0.373 e. The summed E-state index contributed by atoms with van der Waals surface area (Å²) in [6.45, 7) is 4.83. The normalized spacial score (nSPS) is 19.4. The number of aliphatic imine (C=N–C) groups is 1. The third-order valence-corrected chi connectivity index (χ3v) is 3.11. The number of rotatable bonds is 3. The van der Waals surface area contributed by atoms with Crippen molar-refractivity contribution in [2.45, 2.75) is 26.3 Å². The van der Waals surface area contributed by atoms with Gasteiger partial charge >= 0.3 is 0 Å². The van der Waals surface area contributed by atoms with Crippen LogP contribution >= 0.6 is 0 Å². The summed E-state index contributed by atoms with van der Waals surface area (Å²) in [7, 11) is 0. The van der Waals surface area contributed by atoms with Crippen LogP contribution in [0.4, 0.5) is 5.69 Å². The maximum absolute atomic E-state index is 10.9. The molecule has 96 valence electrons. The maximum Gasteiger partial charge on any atom is 0.272 e. The summed E-state index contributed by atoms with van der Waals surface area (Å²) in [5.74, 6) is 0. The summed E-state index contributed by atoms with van der Waals surface area (Å²) in [5.41, 5.74) is 2.67. The monoisotopic (exact) mass is 248 g/mol. The minimum Gasteiger partial charge on any atom is -0.373 e. The van der Waals surface area contributed by atoms with Crippen LogP contribution in [0.3, 0.4) is 0 Å². The molecule has 1 aliphatic rings. The van der Waals surface area contributed by atoms with E-state index in [0.29, 0.717) is 18.8 Å². The molecule has 0 aliphatic carbocycles. The molecule has 2 rings (SSSR count). The second-order valence-corrected chi connectivity index (χ2v) is 4.38. The van der Waals surface area contributed by atoms with Crippen molar-refractivity contribution in [2.75, 3.05) is 13.2 Å². The van der Waals surface area contributed by atoms with Gasteiger partial charge in [-0.3, -0.25) is 15.1 Å². The Balaban J connectivity index is 2.34. The predicted molar refractivity (Wildman–Crippen MR) is 69.1 cm³/mol. The summed E-state index contributed by atoms with van der Waals surface area (Å²) in [4.78, 5) is 15.1. The second-order valence-electron chi connectivity index (χ2n) is 4.38. The van der Waals surface area contributed by atoms with Gasteiger partial charge < -0.3 is 4.74 Å². The smallest absolute Gasteiger partial charge is 0.272 e. The second kappa shape index (κ2) is 5.27. The molecule has 18 heavy (non-hydrogen) atoms. The van der Waals surface area contributed by atoms with E-state index in [4.69, 9.17) is 4.74 Å². The van der Waals surface area contributed by atoms with Gasteiger partial charge in [0.05, 0.1) is 24.2 Å². The number of hydrogen-bond donors (Lipinski definition) is 0. The van der Waals surface area contributed by atoms with E-state index in [2.05, 4.69) is 4.99 Å². The van der Waals surface area contributed by atoms with Gasteiger partial charge in [0, 0.05) is 17.3 Å². The van der Waals surface area contributed by atoms with Gasteiger partial charge in [-0.05, 0) is 18.9 Å². The zero-order valence-corrected chi connectivity index (χ0v) is 10.5. The molecule has 0 fully saturated rings. The van der Waals surface area contributed by atoms with Gasteiger partial charge in [0.15, 0.2) is 0 Å². The summed E-state index contributed by atoms with van der Waals surface area (Å²) < 4.78 is 5.47. The third kappa shape index (κ3) is 2.56. The molecule has 1 heterocycles. The Morgan fingerprint density at radius 2 is 2.33 bits per heavy atom. The average molecular weight is 248 g/mol. The Morgan fingerprint density at radius 1 is 1.56 bits per heavy atom. The quantitative estimate of drug-likeness (QED) is 0.610. The third-order valence-electron chi connectivity index (χ3n) is 3.11. The van der Waals surface area contributed by atoms with Gasteiger partial charge in [0.2, 0.25) is 0 Å². The first-order valence-electron chi connectivity index (χ1n) is 6.00. The van der Waals surface area contributed by atoms with Crippen molar-refractivity contribution in [3.63, 3.8) is 0 Å². The molecule has 1 aliphatic heterocycles. The number of nitrogens with zero attached hydrogens (tertiary/aromatic N) is 2. The molecule has 5 nitrogen and oxygen atoms in total. The average Bonchev–Trinajstić information content (AvgIpc) is 2.39. The lowest BCUT2D eigenvalue weighted by Crippen LogP contribution is -2.20. The van der Waals surface area contributed by atoms with Crippen LogP contribution in [0.15, 0.2) is 23.2 Å². The molecule has 0 bridgehead atoms. The van der Waals surface area contributed by atoms with Crippen LogP contribution in [-0.2, 0) is 4.74 Å². The topological polar surface area (TPSA) is 64.7 Å². The Morgan fingerprint density at radius 3 is 3.00 bits per heavy atom. The molecule has 0 spiro atoms. The Hall–Kier alpha value is -1.75. The summed E-state index contributed by atoms with van der Waals surface area (Å²) in [5, 5.41) is 10.9. The molecule has 0 saturated carbocycles. The van der Waals surface area contributed by atoms with Crippen LogP contribution in [0, 0.1) is 17.0 Å². The number of nitro groups is 1. The number of hydrogen-bond acceptors (Lipinski definition) is 4. The van der Waals surface area contributed by atoms with Crippen LogP contribution < -0.4 is 0 Å². The van der Waals surface area contributed by atoms with Crippen LogP contribution in [0.5, 0.6) is 0 Å². The van der Waals surface area contributed by atoms with Crippen LogP contribution in [0.2, 0.25) is 0 Å². The molecule has 0 aromatic heterocycles. The summed E-state index contributed by atoms with van der Waals surface area (Å²) in [6.07, 6.45) is 0.852. The van der Waals surface area contributed by atoms with Gasteiger partial charge in [-0.1, -0.05) is 19.1 Å². The molecule has 5 heteroatoms. The number of aryl methyl sites for hydroxylation is 1. The Labute approximate surface area is 106 Å². The Kier molecular flexibility index (Phi) is 3.72. The van der Waals surface area contributed by atoms with Gasteiger partial charge in [-0.15, -0.1) is 0 Å². The standard InChI is InChI=1S/C13H16N2O3/c1-3-11-7-18-8-12(14-11)10-5-4-9(2)13(6-10)15(16)17/h4-6,12H,3,7-8H2,1-2H3/t12-/m1/s1. The van der Waals surface area contributed by atoms with E-state index in [9.17, 15) is 10.1 Å². The lowest BCUT2D eigenvalue weighted by Gasteiger charge is -2.20. The molecular weight excluding hydrogens is 232 g/mol. The fourth-order valence-electron chi connectivity index (χ4n) is 1.98. The van der Waals surface area contributed by atoms with Crippen molar-refractivity contribution in [1.29, 1.82) is 0 Å². The zero-order chi connectivity index (χ0) is 13.1. The molecule has 0 radical (unpaired) electrons. The lowest BCUT2D eigenvalue weighted by molar-refractivity contribution is -0.385. The van der Waals surface area contributed by atoms with E-state index in [1.54, 1.807) is 19.1 Å². The van der Waals surface area contributed by atoms with Gasteiger partial charge in [0.25, 0.3) is 5.69 Å². The zero-order valence-electron chi connectivity index (χ0n) is 10.5. The SMILES string of the molecule is CCC1=N[C@@H](c2ccc(C)c([N+](=O)[O-])c2)COC1. The lowest BCUT2D eigenvalue weighted by atomic mass is 10.0. The highest BCUT2D eigenvalue weighted by Gasteiger charge is 2.20. The van der Waals surface area contributed by atoms with Gasteiger partial charge in [-0.25, -0.2) is 0 Å². The highest BCUT2D eigenvalue weighted by atomic mass is 16.6. The molecule has 1 aromatic rings. The van der Waals surface area contributed by atoms with Gasteiger partial charge in [-0.2, -0.15) is 0 Å². The van der Waals surface area contributed by atoms with Crippen LogP contribution in [-0.4, -0.2) is 23.8 Å². The summed E-state index contributed by atoms with van der Waals surface area (Å²) in [6, 6.07) is 5.14. The molecule has 0 unspecified atom stereocenters. The van der Waals surface area contributed by atoms with Gasteiger partial charge in [0.1, 0.15) is 0 Å². The van der Waals surface area contributed by atoms with Crippen LogP contribution in [0.1, 0.15) is 30.5 Å². The summed E-state index contributed by atoms with van der Waals surface area (Å²) >= 11 is 0. The first-order valence-corrected chi connectivity index (χ1v) is 6.00. The molecular formula is C13H16N2O3. The minimum absolute atomic E-state index is 0.118. The molecule has 1 aromatic carbocycles. The molecule has 0 saturated heterocycles.